The number of hydrogen-bond donors (Lipinski definition) is 1. The third kappa shape index (κ3) is 5.28. The van der Waals surface area contributed by atoms with E-state index in [4.69, 9.17) is 4.74 Å². The van der Waals surface area contributed by atoms with E-state index in [0.717, 1.165) is 22.3 Å². The zero-order chi connectivity index (χ0) is 19.1. The third-order valence-electron chi connectivity index (χ3n) is 4.13. The van der Waals surface area contributed by atoms with E-state index >= 15 is 0 Å². The van der Waals surface area contributed by atoms with Crippen LogP contribution in [-0.2, 0) is 16.1 Å². The Morgan fingerprint density at radius 3 is 2.26 bits per heavy atom. The minimum atomic E-state index is -0.467. The zero-order valence-corrected chi connectivity index (χ0v) is 15.1. The topological polar surface area (TPSA) is 55.4 Å². The van der Waals surface area contributed by atoms with Crippen LogP contribution in [0.5, 0.6) is 0 Å². The number of amides is 1. The highest BCUT2D eigenvalue weighted by Crippen LogP contribution is 2.19. The van der Waals surface area contributed by atoms with Crippen molar-refractivity contribution >= 4 is 11.9 Å². The first-order valence-electron chi connectivity index (χ1n) is 8.77. The van der Waals surface area contributed by atoms with Gasteiger partial charge in [0.1, 0.15) is 13.2 Å². The molecular formula is C23H21NO3. The Kier molecular flexibility index (Phi) is 6.00. The van der Waals surface area contributed by atoms with E-state index in [2.05, 4.69) is 5.32 Å². The molecule has 4 heteroatoms. The van der Waals surface area contributed by atoms with Gasteiger partial charge in [0.25, 0.3) is 5.91 Å². The van der Waals surface area contributed by atoms with Gasteiger partial charge in [0, 0.05) is 5.56 Å². The smallest absolute Gasteiger partial charge is 0.325 e. The molecule has 0 aliphatic heterocycles. The number of aryl methyl sites for hydroxylation is 1. The van der Waals surface area contributed by atoms with Crippen LogP contribution < -0.4 is 5.32 Å². The molecule has 0 radical (unpaired) electrons. The molecule has 0 aromatic heterocycles. The van der Waals surface area contributed by atoms with Gasteiger partial charge < -0.3 is 10.1 Å². The molecule has 3 aromatic carbocycles. The van der Waals surface area contributed by atoms with Gasteiger partial charge in [-0.15, -0.1) is 0 Å². The van der Waals surface area contributed by atoms with Gasteiger partial charge in [0.15, 0.2) is 0 Å². The van der Waals surface area contributed by atoms with Crippen LogP contribution >= 0.6 is 0 Å². The van der Waals surface area contributed by atoms with Crippen LogP contribution in [0, 0.1) is 6.92 Å². The van der Waals surface area contributed by atoms with Gasteiger partial charge in [-0.2, -0.15) is 0 Å². The Balaban J connectivity index is 1.49. The van der Waals surface area contributed by atoms with Crippen molar-refractivity contribution < 1.29 is 14.3 Å². The second kappa shape index (κ2) is 8.81. The second-order valence-corrected chi connectivity index (χ2v) is 6.28. The highest BCUT2D eigenvalue weighted by atomic mass is 16.5. The number of ether oxygens (including phenoxy) is 1. The van der Waals surface area contributed by atoms with E-state index in [1.165, 1.54) is 0 Å². The minimum absolute atomic E-state index is 0.162. The normalized spacial score (nSPS) is 10.3. The van der Waals surface area contributed by atoms with Crippen LogP contribution in [0.25, 0.3) is 11.1 Å². The zero-order valence-electron chi connectivity index (χ0n) is 15.1. The Bertz CT molecular complexity index is 918. The first kappa shape index (κ1) is 18.4. The summed E-state index contributed by atoms with van der Waals surface area (Å²) in [6.07, 6.45) is 0. The van der Waals surface area contributed by atoms with E-state index in [0.29, 0.717) is 5.56 Å². The summed E-state index contributed by atoms with van der Waals surface area (Å²) in [5.74, 6) is -0.770. The Morgan fingerprint density at radius 2 is 1.56 bits per heavy atom. The van der Waals surface area contributed by atoms with Gasteiger partial charge in [0.2, 0.25) is 0 Å². The third-order valence-corrected chi connectivity index (χ3v) is 4.13. The molecule has 136 valence electrons. The number of esters is 1. The summed E-state index contributed by atoms with van der Waals surface area (Å²) in [6.45, 7) is 2.02. The van der Waals surface area contributed by atoms with Gasteiger partial charge in [0.05, 0.1) is 0 Å². The molecular weight excluding hydrogens is 338 g/mol. The molecule has 0 atom stereocenters. The maximum absolute atomic E-state index is 12.2. The van der Waals surface area contributed by atoms with Gasteiger partial charge >= 0.3 is 5.97 Å². The van der Waals surface area contributed by atoms with Gasteiger partial charge in [-0.05, 0) is 35.7 Å². The van der Waals surface area contributed by atoms with E-state index in [1.807, 2.05) is 73.7 Å². The highest BCUT2D eigenvalue weighted by Gasteiger charge is 2.09. The van der Waals surface area contributed by atoms with Crippen LogP contribution in [0.4, 0.5) is 0 Å². The van der Waals surface area contributed by atoms with Gasteiger partial charge in [-0.1, -0.05) is 72.3 Å². The molecule has 0 fully saturated rings. The van der Waals surface area contributed by atoms with E-state index in [-0.39, 0.29) is 19.1 Å². The molecule has 0 saturated heterocycles. The molecule has 1 N–H and O–H groups in total. The van der Waals surface area contributed by atoms with Crippen molar-refractivity contribution in [3.05, 3.63) is 95.6 Å². The van der Waals surface area contributed by atoms with E-state index < -0.39 is 5.97 Å². The van der Waals surface area contributed by atoms with Gasteiger partial charge in [-0.3, -0.25) is 9.59 Å². The Morgan fingerprint density at radius 1 is 0.852 bits per heavy atom. The van der Waals surface area contributed by atoms with Crippen molar-refractivity contribution in [2.75, 3.05) is 6.54 Å². The Labute approximate surface area is 158 Å². The minimum Gasteiger partial charge on any atom is -0.460 e. The highest BCUT2D eigenvalue weighted by molar-refractivity contribution is 5.96. The van der Waals surface area contributed by atoms with Crippen molar-refractivity contribution in [1.29, 1.82) is 0 Å². The summed E-state index contributed by atoms with van der Waals surface area (Å²) in [6, 6.07) is 25.0. The summed E-state index contributed by atoms with van der Waals surface area (Å²) >= 11 is 0. The first-order valence-corrected chi connectivity index (χ1v) is 8.77. The average molecular weight is 359 g/mol. The molecule has 0 aliphatic rings. The van der Waals surface area contributed by atoms with Crippen molar-refractivity contribution in [3.63, 3.8) is 0 Å². The number of benzene rings is 3. The lowest BCUT2D eigenvalue weighted by atomic mass is 10.0. The standard InChI is InChI=1S/C23H21NO3/c1-17-6-5-7-18(14-17)16-27-22(25)15-24-23(26)21-12-10-20(11-13-21)19-8-3-2-4-9-19/h2-14H,15-16H2,1H3,(H,24,26). The molecule has 4 nitrogen and oxygen atoms in total. The predicted molar refractivity (Wildman–Crippen MR) is 105 cm³/mol. The van der Waals surface area contributed by atoms with Crippen LogP contribution in [0.15, 0.2) is 78.9 Å². The first-order chi connectivity index (χ1) is 13.1. The number of carbonyl (C=O) groups is 2. The van der Waals surface area contributed by atoms with Crippen LogP contribution in [0.2, 0.25) is 0 Å². The molecule has 3 aromatic rings. The fourth-order valence-corrected chi connectivity index (χ4v) is 2.72. The average Bonchev–Trinajstić information content (AvgIpc) is 2.71. The lowest BCUT2D eigenvalue weighted by Gasteiger charge is -2.08. The maximum atomic E-state index is 12.2. The molecule has 0 aliphatic carbocycles. The summed E-state index contributed by atoms with van der Waals surface area (Å²) in [5, 5.41) is 2.59. The molecule has 0 bridgehead atoms. The van der Waals surface area contributed by atoms with Crippen LogP contribution in [0.1, 0.15) is 21.5 Å². The summed E-state index contributed by atoms with van der Waals surface area (Å²) in [4.78, 5) is 24.0. The molecule has 0 unspecified atom stereocenters. The molecule has 1 amide bonds. The molecule has 0 heterocycles. The number of hydrogen-bond acceptors (Lipinski definition) is 3. The summed E-state index contributed by atoms with van der Waals surface area (Å²) < 4.78 is 5.19. The fraction of sp³-hybridized carbons (Fsp3) is 0.130. The van der Waals surface area contributed by atoms with Crippen molar-refractivity contribution in [3.8, 4) is 11.1 Å². The van der Waals surface area contributed by atoms with E-state index in [9.17, 15) is 9.59 Å². The number of carbonyl (C=O) groups excluding carboxylic acids is 2. The van der Waals surface area contributed by atoms with Crippen molar-refractivity contribution in [1.82, 2.24) is 5.32 Å². The molecule has 27 heavy (non-hydrogen) atoms. The maximum Gasteiger partial charge on any atom is 0.325 e. The summed E-state index contributed by atoms with van der Waals surface area (Å²) in [5.41, 5.74) is 4.65. The summed E-state index contributed by atoms with van der Waals surface area (Å²) in [7, 11) is 0. The molecule has 0 saturated carbocycles. The Hall–Kier alpha value is -3.40. The van der Waals surface area contributed by atoms with Crippen LogP contribution in [0.3, 0.4) is 0 Å². The van der Waals surface area contributed by atoms with Crippen molar-refractivity contribution in [2.45, 2.75) is 13.5 Å². The quantitative estimate of drug-likeness (QED) is 0.673. The molecule has 3 rings (SSSR count). The number of nitrogens with one attached hydrogen (secondary N) is 1. The fourth-order valence-electron chi connectivity index (χ4n) is 2.72. The van der Waals surface area contributed by atoms with Gasteiger partial charge in [-0.25, -0.2) is 0 Å². The lowest BCUT2D eigenvalue weighted by Crippen LogP contribution is -2.30. The van der Waals surface area contributed by atoms with Crippen LogP contribution in [-0.4, -0.2) is 18.4 Å². The monoisotopic (exact) mass is 359 g/mol. The number of rotatable bonds is 6. The second-order valence-electron chi connectivity index (χ2n) is 6.28. The predicted octanol–water partition coefficient (Wildman–Crippen LogP) is 4.14. The van der Waals surface area contributed by atoms with Crippen molar-refractivity contribution in [2.24, 2.45) is 0 Å². The lowest BCUT2D eigenvalue weighted by molar-refractivity contribution is -0.143. The molecule has 0 spiro atoms. The largest absolute Gasteiger partial charge is 0.460 e. The van der Waals surface area contributed by atoms with E-state index in [1.54, 1.807) is 12.1 Å². The SMILES string of the molecule is Cc1cccc(COC(=O)CNC(=O)c2ccc(-c3ccccc3)cc2)c1.